The van der Waals surface area contributed by atoms with Gasteiger partial charge in [-0.25, -0.2) is 14.6 Å². The third kappa shape index (κ3) is 13.8. The number of aliphatic imine (C=N–C) groups is 1. The Morgan fingerprint density at radius 2 is 1.65 bits per heavy atom. The van der Waals surface area contributed by atoms with Gasteiger partial charge in [0, 0.05) is 7.05 Å². The SMILES string of the molecule is CCCN.CCOC(=O)C(F)(F)F.CN=C(N)OC(=O)c1ccccc1. The highest BCUT2D eigenvalue weighted by Gasteiger charge is 2.40. The smallest absolute Gasteiger partial charge is 0.459 e. The van der Waals surface area contributed by atoms with E-state index in [4.69, 9.17) is 11.5 Å². The van der Waals surface area contributed by atoms with E-state index in [1.807, 2.05) is 6.07 Å². The van der Waals surface area contributed by atoms with E-state index in [1.165, 1.54) is 14.0 Å². The van der Waals surface area contributed by atoms with Crippen molar-refractivity contribution in [2.24, 2.45) is 16.5 Å². The zero-order valence-corrected chi connectivity index (χ0v) is 14.9. The molecule has 0 radical (unpaired) electrons. The molecule has 0 atom stereocenters. The van der Waals surface area contributed by atoms with Crippen LogP contribution in [0.4, 0.5) is 13.2 Å². The zero-order valence-electron chi connectivity index (χ0n) is 14.9. The van der Waals surface area contributed by atoms with Gasteiger partial charge >= 0.3 is 18.1 Å². The molecule has 0 saturated heterocycles. The Labute approximate surface area is 150 Å². The number of alkyl halides is 3. The van der Waals surface area contributed by atoms with Crippen molar-refractivity contribution < 1.29 is 32.2 Å². The summed E-state index contributed by atoms with van der Waals surface area (Å²) in [5, 5.41) is 0. The third-order valence-electron chi connectivity index (χ3n) is 2.22. The van der Waals surface area contributed by atoms with Crippen molar-refractivity contribution in [3.05, 3.63) is 35.9 Å². The van der Waals surface area contributed by atoms with Crippen LogP contribution in [0, 0.1) is 0 Å². The lowest BCUT2D eigenvalue weighted by molar-refractivity contribution is -0.199. The van der Waals surface area contributed by atoms with Gasteiger partial charge in [0.15, 0.2) is 0 Å². The van der Waals surface area contributed by atoms with Crippen molar-refractivity contribution in [2.75, 3.05) is 20.2 Å². The molecule has 0 fully saturated rings. The summed E-state index contributed by atoms with van der Waals surface area (Å²) >= 11 is 0. The first-order valence-electron chi connectivity index (χ1n) is 7.57. The molecule has 0 aliphatic rings. The Morgan fingerprint density at radius 3 is 1.96 bits per heavy atom. The van der Waals surface area contributed by atoms with Crippen LogP contribution in [0.15, 0.2) is 35.3 Å². The minimum Gasteiger partial charge on any atom is -0.459 e. The molecule has 0 spiro atoms. The topological polar surface area (TPSA) is 117 Å². The number of rotatable bonds is 3. The molecule has 4 N–H and O–H groups in total. The van der Waals surface area contributed by atoms with Crippen LogP contribution in [0.1, 0.15) is 30.6 Å². The summed E-state index contributed by atoms with van der Waals surface area (Å²) in [6.07, 6.45) is -3.75. The molecule has 0 heterocycles. The molecule has 0 unspecified atom stereocenters. The van der Waals surface area contributed by atoms with Gasteiger partial charge in [-0.05, 0) is 32.0 Å². The number of nitrogens with zero attached hydrogens (tertiary/aromatic N) is 1. The number of halogens is 3. The van der Waals surface area contributed by atoms with Crippen molar-refractivity contribution in [3.8, 4) is 0 Å². The molecule has 10 heteroatoms. The molecule has 0 aliphatic heterocycles. The van der Waals surface area contributed by atoms with Gasteiger partial charge in [0.2, 0.25) is 0 Å². The van der Waals surface area contributed by atoms with Crippen molar-refractivity contribution in [2.45, 2.75) is 26.4 Å². The predicted octanol–water partition coefficient (Wildman–Crippen LogP) is 2.25. The van der Waals surface area contributed by atoms with Crippen molar-refractivity contribution >= 4 is 18.0 Å². The van der Waals surface area contributed by atoms with Gasteiger partial charge in [-0.2, -0.15) is 13.2 Å². The Morgan fingerprint density at radius 1 is 1.15 bits per heavy atom. The summed E-state index contributed by atoms with van der Waals surface area (Å²) in [5.74, 6) is -2.63. The first-order valence-corrected chi connectivity index (χ1v) is 7.57. The fourth-order valence-electron chi connectivity index (χ4n) is 0.987. The Hall–Kier alpha value is -2.62. The summed E-state index contributed by atoms with van der Waals surface area (Å²) in [7, 11) is 1.45. The number of benzene rings is 1. The van der Waals surface area contributed by atoms with Crippen molar-refractivity contribution in [1.82, 2.24) is 0 Å². The van der Waals surface area contributed by atoms with Crippen molar-refractivity contribution in [1.29, 1.82) is 0 Å². The van der Waals surface area contributed by atoms with Crippen LogP contribution >= 0.6 is 0 Å². The van der Waals surface area contributed by atoms with E-state index in [0.29, 0.717) is 5.56 Å². The molecular formula is C16H24F3N3O4. The largest absolute Gasteiger partial charge is 0.490 e. The van der Waals surface area contributed by atoms with Gasteiger partial charge < -0.3 is 20.9 Å². The standard InChI is InChI=1S/C9H10N2O2.C4H5F3O2.C3H9N/c1-11-9(10)13-8(12)7-5-3-2-4-6-7;1-2-9-3(8)4(5,6)7;1-2-3-4/h2-6H,1H3,(H2,10,11);2H2,1H3;2-4H2,1H3. The number of amidine groups is 1. The average molecular weight is 379 g/mol. The van der Waals surface area contributed by atoms with Crippen molar-refractivity contribution in [3.63, 3.8) is 0 Å². The quantitative estimate of drug-likeness (QED) is 0.473. The van der Waals surface area contributed by atoms with Crippen LogP contribution in [0.3, 0.4) is 0 Å². The van der Waals surface area contributed by atoms with Gasteiger partial charge in [0.1, 0.15) is 0 Å². The average Bonchev–Trinajstić information content (AvgIpc) is 2.62. The fourth-order valence-corrected chi connectivity index (χ4v) is 0.987. The number of esters is 2. The second-order valence-electron chi connectivity index (χ2n) is 4.32. The molecule has 1 aromatic carbocycles. The summed E-state index contributed by atoms with van der Waals surface area (Å²) in [4.78, 5) is 24.5. The van der Waals surface area contributed by atoms with Crippen LogP contribution in [-0.4, -0.2) is 44.3 Å². The van der Waals surface area contributed by atoms with Crippen LogP contribution in [0.2, 0.25) is 0 Å². The maximum Gasteiger partial charge on any atom is 0.490 e. The minimum atomic E-state index is -4.85. The van der Waals surface area contributed by atoms with Gasteiger partial charge in [0.25, 0.3) is 6.02 Å². The van der Waals surface area contributed by atoms with Gasteiger partial charge in [-0.1, -0.05) is 25.1 Å². The first kappa shape index (κ1) is 25.6. The number of ether oxygens (including phenoxy) is 2. The van der Waals surface area contributed by atoms with E-state index < -0.39 is 18.1 Å². The van der Waals surface area contributed by atoms with E-state index in [-0.39, 0.29) is 12.6 Å². The Bertz CT molecular complexity index is 547. The molecule has 0 bridgehead atoms. The number of hydrogen-bond donors (Lipinski definition) is 2. The van der Waals surface area contributed by atoms with Crippen LogP contribution in [0.25, 0.3) is 0 Å². The number of nitrogens with two attached hydrogens (primary N) is 2. The molecule has 0 aromatic heterocycles. The lowest BCUT2D eigenvalue weighted by Crippen LogP contribution is -2.25. The van der Waals surface area contributed by atoms with Gasteiger partial charge in [-0.3, -0.25) is 0 Å². The predicted molar refractivity (Wildman–Crippen MR) is 91.4 cm³/mol. The van der Waals surface area contributed by atoms with E-state index in [2.05, 4.69) is 21.4 Å². The van der Waals surface area contributed by atoms with Crippen LogP contribution in [-0.2, 0) is 14.3 Å². The monoisotopic (exact) mass is 379 g/mol. The summed E-state index contributed by atoms with van der Waals surface area (Å²) < 4.78 is 41.8. The van der Waals surface area contributed by atoms with E-state index in [9.17, 15) is 22.8 Å². The second-order valence-corrected chi connectivity index (χ2v) is 4.32. The number of hydrogen-bond acceptors (Lipinski definition) is 6. The molecule has 1 rings (SSSR count). The molecule has 1 aromatic rings. The lowest BCUT2D eigenvalue weighted by atomic mass is 10.2. The maximum atomic E-state index is 11.2. The third-order valence-corrected chi connectivity index (χ3v) is 2.22. The Kier molecular flexibility index (Phi) is 14.5. The summed E-state index contributed by atoms with van der Waals surface area (Å²) in [5.41, 5.74) is 10.7. The van der Waals surface area contributed by atoms with E-state index in [0.717, 1.165) is 13.0 Å². The molecule has 7 nitrogen and oxygen atoms in total. The lowest BCUT2D eigenvalue weighted by Gasteiger charge is -2.02. The molecular weight excluding hydrogens is 355 g/mol. The van der Waals surface area contributed by atoms with E-state index in [1.54, 1.807) is 24.3 Å². The normalized spacial score (nSPS) is 10.5. The highest BCUT2D eigenvalue weighted by Crippen LogP contribution is 2.15. The first-order chi connectivity index (χ1) is 12.1. The molecule has 26 heavy (non-hydrogen) atoms. The molecule has 148 valence electrons. The molecule has 0 aliphatic carbocycles. The van der Waals surface area contributed by atoms with Gasteiger partial charge in [-0.15, -0.1) is 0 Å². The fraction of sp³-hybridized carbons (Fsp3) is 0.438. The van der Waals surface area contributed by atoms with Crippen LogP contribution in [0.5, 0.6) is 0 Å². The molecule has 0 amide bonds. The van der Waals surface area contributed by atoms with Crippen LogP contribution < -0.4 is 11.5 Å². The minimum absolute atomic E-state index is 0.131. The van der Waals surface area contributed by atoms with Gasteiger partial charge in [0.05, 0.1) is 12.2 Å². The maximum absolute atomic E-state index is 11.2. The highest BCUT2D eigenvalue weighted by atomic mass is 19.4. The number of carbonyl (C=O) groups excluding carboxylic acids is 2. The zero-order chi connectivity index (χ0) is 20.6. The Balaban J connectivity index is 0. The van der Waals surface area contributed by atoms with E-state index >= 15 is 0 Å². The highest BCUT2D eigenvalue weighted by molar-refractivity contribution is 5.97. The molecule has 0 saturated carbocycles. The number of carbonyl (C=O) groups is 2. The summed E-state index contributed by atoms with van der Waals surface area (Å²) in [6, 6.07) is 8.46. The second kappa shape index (κ2) is 14.7. The summed E-state index contributed by atoms with van der Waals surface area (Å²) in [6.45, 7) is 3.93.